The Kier molecular flexibility index (Phi) is 4.56. The number of benzene rings is 1. The zero-order chi connectivity index (χ0) is 13.7. The van der Waals surface area contributed by atoms with Crippen molar-refractivity contribution < 1.29 is 9.53 Å². The van der Waals surface area contributed by atoms with Crippen LogP contribution in [-0.2, 0) is 16.1 Å². The molecule has 0 radical (unpaired) electrons. The van der Waals surface area contributed by atoms with Crippen molar-refractivity contribution in [1.29, 1.82) is 0 Å². The van der Waals surface area contributed by atoms with E-state index in [4.69, 9.17) is 4.74 Å². The normalized spacial score (nSPS) is 22.4. The number of hydrogen-bond donors (Lipinski definition) is 2. The SMILES string of the molecule is CCNCc1cccc(NC(=O)C2(C)CCCO2)c1. The maximum atomic E-state index is 12.2. The topological polar surface area (TPSA) is 50.4 Å². The van der Waals surface area contributed by atoms with Crippen LogP contribution in [-0.4, -0.2) is 24.7 Å². The Balaban J connectivity index is 2.00. The van der Waals surface area contributed by atoms with E-state index in [2.05, 4.69) is 17.6 Å². The van der Waals surface area contributed by atoms with Gasteiger partial charge in [-0.2, -0.15) is 0 Å². The third kappa shape index (κ3) is 3.55. The molecule has 2 rings (SSSR count). The summed E-state index contributed by atoms with van der Waals surface area (Å²) in [7, 11) is 0. The van der Waals surface area contributed by atoms with Crippen LogP contribution in [0.25, 0.3) is 0 Å². The fraction of sp³-hybridized carbons (Fsp3) is 0.533. The van der Waals surface area contributed by atoms with E-state index in [-0.39, 0.29) is 5.91 Å². The first-order chi connectivity index (χ1) is 9.14. The average Bonchev–Trinajstić information content (AvgIpc) is 2.85. The number of amides is 1. The molecule has 1 aliphatic rings. The quantitative estimate of drug-likeness (QED) is 0.856. The smallest absolute Gasteiger partial charge is 0.256 e. The number of nitrogens with one attached hydrogen (secondary N) is 2. The van der Waals surface area contributed by atoms with Crippen LogP contribution in [0.1, 0.15) is 32.3 Å². The van der Waals surface area contributed by atoms with Crippen molar-refractivity contribution in [2.75, 3.05) is 18.5 Å². The molecule has 4 heteroatoms. The molecule has 4 nitrogen and oxygen atoms in total. The van der Waals surface area contributed by atoms with Gasteiger partial charge in [0, 0.05) is 18.8 Å². The molecule has 104 valence electrons. The van der Waals surface area contributed by atoms with Gasteiger partial charge in [-0.25, -0.2) is 0 Å². The summed E-state index contributed by atoms with van der Waals surface area (Å²) < 4.78 is 5.55. The molecule has 19 heavy (non-hydrogen) atoms. The largest absolute Gasteiger partial charge is 0.365 e. The molecule has 1 heterocycles. The van der Waals surface area contributed by atoms with Gasteiger partial charge >= 0.3 is 0 Å². The molecule has 1 aromatic carbocycles. The summed E-state index contributed by atoms with van der Waals surface area (Å²) in [5.74, 6) is -0.0504. The van der Waals surface area contributed by atoms with E-state index in [0.29, 0.717) is 6.61 Å². The molecule has 0 saturated carbocycles. The second-order valence-corrected chi connectivity index (χ2v) is 5.12. The van der Waals surface area contributed by atoms with Crippen molar-refractivity contribution in [3.8, 4) is 0 Å². The summed E-state index contributed by atoms with van der Waals surface area (Å²) in [5, 5.41) is 6.22. The van der Waals surface area contributed by atoms with Crippen molar-refractivity contribution in [2.24, 2.45) is 0 Å². The van der Waals surface area contributed by atoms with E-state index in [1.54, 1.807) is 0 Å². The first-order valence-electron chi connectivity index (χ1n) is 6.89. The molecule has 2 N–H and O–H groups in total. The Morgan fingerprint density at radius 3 is 3.00 bits per heavy atom. The van der Waals surface area contributed by atoms with Gasteiger partial charge in [0.1, 0.15) is 5.60 Å². The minimum Gasteiger partial charge on any atom is -0.365 e. The maximum absolute atomic E-state index is 12.2. The van der Waals surface area contributed by atoms with Crippen molar-refractivity contribution in [3.05, 3.63) is 29.8 Å². The van der Waals surface area contributed by atoms with E-state index >= 15 is 0 Å². The van der Waals surface area contributed by atoms with Crippen LogP contribution in [0, 0.1) is 0 Å². The molecular formula is C15H22N2O2. The lowest BCUT2D eigenvalue weighted by Gasteiger charge is -2.22. The highest BCUT2D eigenvalue weighted by Gasteiger charge is 2.37. The lowest BCUT2D eigenvalue weighted by Crippen LogP contribution is -2.39. The fourth-order valence-electron chi connectivity index (χ4n) is 2.25. The molecule has 1 amide bonds. The van der Waals surface area contributed by atoms with E-state index in [1.807, 2.05) is 31.2 Å². The maximum Gasteiger partial charge on any atom is 0.256 e. The van der Waals surface area contributed by atoms with Gasteiger partial charge in [0.2, 0.25) is 0 Å². The van der Waals surface area contributed by atoms with E-state index in [0.717, 1.165) is 37.2 Å². The predicted octanol–water partition coefficient (Wildman–Crippen LogP) is 2.30. The van der Waals surface area contributed by atoms with Crippen LogP contribution >= 0.6 is 0 Å². The van der Waals surface area contributed by atoms with Gasteiger partial charge in [-0.05, 0) is 44.0 Å². The number of carbonyl (C=O) groups excluding carboxylic acids is 1. The first-order valence-corrected chi connectivity index (χ1v) is 6.89. The molecule has 1 unspecified atom stereocenters. The van der Waals surface area contributed by atoms with Gasteiger partial charge in [0.05, 0.1) is 0 Å². The minimum absolute atomic E-state index is 0.0504. The van der Waals surface area contributed by atoms with Crippen LogP contribution in [0.2, 0.25) is 0 Å². The van der Waals surface area contributed by atoms with Crippen molar-refractivity contribution >= 4 is 11.6 Å². The summed E-state index contributed by atoms with van der Waals surface area (Å²) in [5.41, 5.74) is 1.33. The zero-order valence-electron chi connectivity index (χ0n) is 11.7. The zero-order valence-corrected chi connectivity index (χ0v) is 11.7. The first kappa shape index (κ1) is 14.0. The summed E-state index contributed by atoms with van der Waals surface area (Å²) in [4.78, 5) is 12.2. The number of ether oxygens (including phenoxy) is 1. The number of rotatable bonds is 5. The lowest BCUT2D eigenvalue weighted by atomic mass is 10.0. The Morgan fingerprint density at radius 1 is 1.47 bits per heavy atom. The molecule has 0 aliphatic carbocycles. The molecule has 1 atom stereocenters. The van der Waals surface area contributed by atoms with Crippen molar-refractivity contribution in [2.45, 2.75) is 38.8 Å². The number of anilines is 1. The highest BCUT2D eigenvalue weighted by Crippen LogP contribution is 2.26. The average molecular weight is 262 g/mol. The van der Waals surface area contributed by atoms with E-state index < -0.39 is 5.60 Å². The van der Waals surface area contributed by atoms with Gasteiger partial charge in [0.25, 0.3) is 5.91 Å². The molecule has 0 spiro atoms. The summed E-state index contributed by atoms with van der Waals surface area (Å²) in [6, 6.07) is 7.91. The van der Waals surface area contributed by atoms with Gasteiger partial charge in [0.15, 0.2) is 0 Å². The standard InChI is InChI=1S/C15H22N2O2/c1-3-16-11-12-6-4-7-13(10-12)17-14(18)15(2)8-5-9-19-15/h4,6-7,10,16H,3,5,8-9,11H2,1-2H3,(H,17,18). The number of carbonyl (C=O) groups is 1. The van der Waals surface area contributed by atoms with Crippen molar-refractivity contribution in [3.63, 3.8) is 0 Å². The second kappa shape index (κ2) is 6.17. The van der Waals surface area contributed by atoms with Crippen LogP contribution < -0.4 is 10.6 Å². The lowest BCUT2D eigenvalue weighted by molar-refractivity contribution is -0.133. The van der Waals surface area contributed by atoms with Gasteiger partial charge in [-0.15, -0.1) is 0 Å². The molecule has 0 aromatic heterocycles. The second-order valence-electron chi connectivity index (χ2n) is 5.12. The molecular weight excluding hydrogens is 240 g/mol. The molecule has 1 aliphatic heterocycles. The van der Waals surface area contributed by atoms with Crippen LogP contribution in [0.5, 0.6) is 0 Å². The van der Waals surface area contributed by atoms with Gasteiger partial charge in [-0.1, -0.05) is 19.1 Å². The molecule has 1 aromatic rings. The van der Waals surface area contributed by atoms with Gasteiger partial charge < -0.3 is 15.4 Å². The van der Waals surface area contributed by atoms with E-state index in [1.165, 1.54) is 0 Å². The summed E-state index contributed by atoms with van der Waals surface area (Å²) in [6.07, 6.45) is 1.74. The van der Waals surface area contributed by atoms with E-state index in [9.17, 15) is 4.79 Å². The monoisotopic (exact) mass is 262 g/mol. The Hall–Kier alpha value is -1.39. The third-order valence-electron chi connectivity index (χ3n) is 3.46. The Morgan fingerprint density at radius 2 is 2.32 bits per heavy atom. The van der Waals surface area contributed by atoms with Crippen LogP contribution in [0.4, 0.5) is 5.69 Å². The van der Waals surface area contributed by atoms with Crippen LogP contribution in [0.3, 0.4) is 0 Å². The number of hydrogen-bond acceptors (Lipinski definition) is 3. The molecule has 0 bridgehead atoms. The Labute approximate surface area is 114 Å². The summed E-state index contributed by atoms with van der Waals surface area (Å²) >= 11 is 0. The highest BCUT2D eigenvalue weighted by molar-refractivity contribution is 5.97. The van der Waals surface area contributed by atoms with Crippen molar-refractivity contribution in [1.82, 2.24) is 5.32 Å². The third-order valence-corrected chi connectivity index (χ3v) is 3.46. The highest BCUT2D eigenvalue weighted by atomic mass is 16.5. The Bertz CT molecular complexity index is 440. The predicted molar refractivity (Wildman–Crippen MR) is 76.0 cm³/mol. The fourth-order valence-corrected chi connectivity index (χ4v) is 2.25. The van der Waals surface area contributed by atoms with Gasteiger partial charge in [-0.3, -0.25) is 4.79 Å². The van der Waals surface area contributed by atoms with Crippen LogP contribution in [0.15, 0.2) is 24.3 Å². The molecule has 1 fully saturated rings. The molecule has 1 saturated heterocycles. The minimum atomic E-state index is -0.669. The summed E-state index contributed by atoms with van der Waals surface area (Å²) in [6.45, 7) is 6.35.